The van der Waals surface area contributed by atoms with Crippen molar-refractivity contribution in [2.75, 3.05) is 6.61 Å². The number of carbonyl (C=O) groups is 1. The van der Waals surface area contributed by atoms with Gasteiger partial charge in [0.15, 0.2) is 0 Å². The Bertz CT molecular complexity index is 439. The van der Waals surface area contributed by atoms with Crippen LogP contribution in [0.2, 0.25) is 0 Å². The van der Waals surface area contributed by atoms with Crippen molar-refractivity contribution in [2.24, 2.45) is 0 Å². The first-order valence-corrected chi connectivity index (χ1v) is 9.71. The van der Waals surface area contributed by atoms with Crippen LogP contribution in [0.4, 0.5) is 0 Å². The number of allylic oxidation sites excluding steroid dienone is 10. The van der Waals surface area contributed by atoms with Crippen LogP contribution in [-0.2, 0) is 9.53 Å². The lowest BCUT2D eigenvalue weighted by Crippen LogP contribution is -2.02. The van der Waals surface area contributed by atoms with Crippen molar-refractivity contribution in [3.63, 3.8) is 0 Å². The minimum Gasteiger partial charge on any atom is -0.466 e. The van der Waals surface area contributed by atoms with Gasteiger partial charge in [-0.25, -0.2) is 0 Å². The van der Waals surface area contributed by atoms with E-state index in [0.717, 1.165) is 51.4 Å². The van der Waals surface area contributed by atoms with Gasteiger partial charge in [-0.1, -0.05) is 67.7 Å². The molecule has 25 heavy (non-hydrogen) atoms. The second-order valence-corrected chi connectivity index (χ2v) is 5.76. The number of rotatable bonds is 15. The van der Waals surface area contributed by atoms with Crippen LogP contribution in [0.25, 0.3) is 0 Å². The Morgan fingerprint density at radius 1 is 0.680 bits per heavy atom. The third kappa shape index (κ3) is 20.1. The first kappa shape index (κ1) is 23.2. The highest BCUT2D eigenvalue weighted by molar-refractivity contribution is 5.69. The molecule has 0 amide bonds. The Hall–Kier alpha value is -1.83. The molecule has 0 saturated heterocycles. The lowest BCUT2D eigenvalue weighted by Gasteiger charge is -1.99. The van der Waals surface area contributed by atoms with Gasteiger partial charge in [0.25, 0.3) is 0 Å². The Morgan fingerprint density at radius 2 is 1.16 bits per heavy atom. The molecule has 0 aromatic carbocycles. The second kappa shape index (κ2) is 20.2. The highest BCUT2D eigenvalue weighted by atomic mass is 16.5. The Balaban J connectivity index is 3.46. The van der Waals surface area contributed by atoms with E-state index in [0.29, 0.717) is 13.0 Å². The predicted molar refractivity (Wildman–Crippen MR) is 110 cm³/mol. The lowest BCUT2D eigenvalue weighted by atomic mass is 10.2. The van der Waals surface area contributed by atoms with Crippen LogP contribution in [0.3, 0.4) is 0 Å². The van der Waals surface area contributed by atoms with Crippen molar-refractivity contribution in [1.82, 2.24) is 0 Å². The van der Waals surface area contributed by atoms with Gasteiger partial charge in [0.2, 0.25) is 0 Å². The average Bonchev–Trinajstić information content (AvgIpc) is 2.61. The van der Waals surface area contributed by atoms with Crippen molar-refractivity contribution in [3.05, 3.63) is 60.8 Å². The highest BCUT2D eigenvalue weighted by Gasteiger charge is 1.99. The summed E-state index contributed by atoms with van der Waals surface area (Å²) in [6.45, 7) is 4.48. The van der Waals surface area contributed by atoms with E-state index in [4.69, 9.17) is 4.74 Å². The molecular formula is C23H36O2. The van der Waals surface area contributed by atoms with Gasteiger partial charge in [-0.15, -0.1) is 0 Å². The van der Waals surface area contributed by atoms with Crippen LogP contribution in [-0.4, -0.2) is 12.6 Å². The molecule has 0 atom stereocenters. The minimum atomic E-state index is -0.0775. The molecule has 2 heteroatoms. The van der Waals surface area contributed by atoms with Gasteiger partial charge >= 0.3 is 5.97 Å². The molecule has 0 N–H and O–H groups in total. The van der Waals surface area contributed by atoms with E-state index in [1.54, 1.807) is 0 Å². The summed E-state index contributed by atoms with van der Waals surface area (Å²) in [6, 6.07) is 0. The highest BCUT2D eigenvalue weighted by Crippen LogP contribution is 2.03. The summed E-state index contributed by atoms with van der Waals surface area (Å²) in [7, 11) is 0. The van der Waals surface area contributed by atoms with Gasteiger partial charge in [-0.2, -0.15) is 0 Å². The van der Waals surface area contributed by atoms with Crippen molar-refractivity contribution >= 4 is 5.97 Å². The number of ether oxygens (including phenoxy) is 1. The van der Waals surface area contributed by atoms with Crippen LogP contribution in [0.5, 0.6) is 0 Å². The minimum absolute atomic E-state index is 0.0775. The molecule has 0 radical (unpaired) electrons. The molecule has 0 rings (SSSR count). The van der Waals surface area contributed by atoms with E-state index in [1.165, 1.54) is 0 Å². The fraction of sp³-hybridized carbons (Fsp3) is 0.522. The number of hydrogen-bond acceptors (Lipinski definition) is 2. The zero-order valence-corrected chi connectivity index (χ0v) is 16.2. The lowest BCUT2D eigenvalue weighted by molar-refractivity contribution is -0.143. The summed E-state index contributed by atoms with van der Waals surface area (Å²) in [5.41, 5.74) is 0. The summed E-state index contributed by atoms with van der Waals surface area (Å²) < 4.78 is 4.90. The first-order valence-electron chi connectivity index (χ1n) is 9.71. The largest absolute Gasteiger partial charge is 0.466 e. The van der Waals surface area contributed by atoms with E-state index in [-0.39, 0.29) is 5.97 Å². The maximum atomic E-state index is 11.2. The SMILES string of the molecule is CC/C=C\C/C=C\C/C=C\C/C=C\C/C=C\CCCCC(=O)OCC. The van der Waals surface area contributed by atoms with E-state index >= 15 is 0 Å². The monoisotopic (exact) mass is 344 g/mol. The van der Waals surface area contributed by atoms with Crippen LogP contribution in [0.1, 0.15) is 71.6 Å². The van der Waals surface area contributed by atoms with Crippen LogP contribution in [0, 0.1) is 0 Å². The molecule has 0 aliphatic rings. The van der Waals surface area contributed by atoms with E-state index in [2.05, 4.69) is 67.7 Å². The van der Waals surface area contributed by atoms with Gasteiger partial charge in [-0.05, 0) is 58.3 Å². The van der Waals surface area contributed by atoms with Gasteiger partial charge in [0.1, 0.15) is 0 Å². The standard InChI is InChI=1S/C23H36O2/c1-3-5-6-7-8-9-10-11-12-13-14-15-16-17-18-19-20-21-22-23(24)25-4-2/h5-6,8-9,11-12,14-15,17-18H,3-4,7,10,13,16,19-22H2,1-2H3/b6-5-,9-8-,12-11-,15-14-,18-17-. The van der Waals surface area contributed by atoms with Crippen molar-refractivity contribution in [3.8, 4) is 0 Å². The summed E-state index contributed by atoms with van der Waals surface area (Å²) >= 11 is 0. The number of unbranched alkanes of at least 4 members (excludes halogenated alkanes) is 2. The zero-order valence-electron chi connectivity index (χ0n) is 16.2. The maximum Gasteiger partial charge on any atom is 0.305 e. The fourth-order valence-corrected chi connectivity index (χ4v) is 2.13. The molecule has 0 bridgehead atoms. The molecule has 0 unspecified atom stereocenters. The molecule has 0 aromatic heterocycles. The molecular weight excluding hydrogens is 308 g/mol. The second-order valence-electron chi connectivity index (χ2n) is 5.76. The molecule has 0 fully saturated rings. The van der Waals surface area contributed by atoms with Crippen LogP contribution in [0.15, 0.2) is 60.8 Å². The van der Waals surface area contributed by atoms with Crippen molar-refractivity contribution < 1.29 is 9.53 Å². The maximum absolute atomic E-state index is 11.2. The molecule has 140 valence electrons. The smallest absolute Gasteiger partial charge is 0.305 e. The third-order valence-corrected chi connectivity index (χ3v) is 3.46. The van der Waals surface area contributed by atoms with E-state index in [1.807, 2.05) is 6.92 Å². The first-order chi connectivity index (χ1) is 12.3. The molecule has 2 nitrogen and oxygen atoms in total. The average molecular weight is 345 g/mol. The topological polar surface area (TPSA) is 26.3 Å². The summed E-state index contributed by atoms with van der Waals surface area (Å²) in [6.07, 6.45) is 30.7. The molecule has 0 saturated carbocycles. The number of carbonyl (C=O) groups excluding carboxylic acids is 1. The van der Waals surface area contributed by atoms with Crippen molar-refractivity contribution in [2.45, 2.75) is 71.6 Å². The summed E-state index contributed by atoms with van der Waals surface area (Å²) in [5, 5.41) is 0. The quantitative estimate of drug-likeness (QED) is 0.184. The Kier molecular flexibility index (Phi) is 18.7. The van der Waals surface area contributed by atoms with Gasteiger partial charge < -0.3 is 4.74 Å². The number of esters is 1. The van der Waals surface area contributed by atoms with E-state index < -0.39 is 0 Å². The third-order valence-electron chi connectivity index (χ3n) is 3.46. The molecule has 0 aliphatic heterocycles. The van der Waals surface area contributed by atoms with Crippen LogP contribution >= 0.6 is 0 Å². The molecule has 0 heterocycles. The van der Waals surface area contributed by atoms with Crippen molar-refractivity contribution in [1.29, 1.82) is 0 Å². The summed E-state index contributed by atoms with van der Waals surface area (Å²) in [5.74, 6) is -0.0775. The van der Waals surface area contributed by atoms with Gasteiger partial charge in [0, 0.05) is 6.42 Å². The normalized spacial score (nSPS) is 12.6. The zero-order chi connectivity index (χ0) is 18.4. The fourth-order valence-electron chi connectivity index (χ4n) is 2.13. The van der Waals surface area contributed by atoms with Gasteiger partial charge in [0.05, 0.1) is 6.61 Å². The Morgan fingerprint density at radius 3 is 1.64 bits per heavy atom. The number of hydrogen-bond donors (Lipinski definition) is 0. The Labute approximate surface area is 155 Å². The van der Waals surface area contributed by atoms with Crippen LogP contribution < -0.4 is 0 Å². The van der Waals surface area contributed by atoms with E-state index in [9.17, 15) is 4.79 Å². The molecule has 0 aliphatic carbocycles. The molecule has 0 spiro atoms. The van der Waals surface area contributed by atoms with Gasteiger partial charge in [-0.3, -0.25) is 4.79 Å². The predicted octanol–water partition coefficient (Wildman–Crippen LogP) is 6.86. The summed E-state index contributed by atoms with van der Waals surface area (Å²) in [4.78, 5) is 11.2. The molecule has 0 aromatic rings.